The summed E-state index contributed by atoms with van der Waals surface area (Å²) in [5, 5.41) is 2.58. The van der Waals surface area contributed by atoms with E-state index in [-0.39, 0.29) is 16.2 Å². The Morgan fingerprint density at radius 2 is 1.00 bits per heavy atom. The first kappa shape index (κ1) is 35.5. The Hall–Kier alpha value is -5.40. The highest BCUT2D eigenvalue weighted by molar-refractivity contribution is 5.97. The van der Waals surface area contributed by atoms with Crippen LogP contribution < -0.4 is 4.90 Å². The van der Waals surface area contributed by atoms with Crippen molar-refractivity contribution in [2.45, 2.75) is 88.9 Å². The zero-order valence-corrected chi connectivity index (χ0v) is 35.1. The summed E-state index contributed by atoms with van der Waals surface area (Å²) in [6.07, 6.45) is 9.45. The summed E-state index contributed by atoms with van der Waals surface area (Å²) in [7, 11) is 0. The molecule has 1 nitrogen and oxygen atoms in total. The lowest BCUT2D eigenvalue weighted by Gasteiger charge is -2.61. The number of nitrogens with zero attached hydrogens (tertiary/aromatic N) is 1. The van der Waals surface area contributed by atoms with Gasteiger partial charge in [-0.15, -0.1) is 0 Å². The quantitative estimate of drug-likeness (QED) is 0.169. The standard InChI is InChI=1S/C58H55N/c1-56(2)29-30-57(3,4)55-52(56)17-10-18-54(55)59(45-25-23-40(24-26-45)39-19-21-42(22-20-39)48-15-9-12-41-11-5-6-13-47(41)48)46-27-28-50-49-14-7-8-16-51(49)58(53(50)36-46)43-32-37-31-38(34-43)35-44(58)33-37/h5-28,36-38,43-44H,29-35H2,1-4H3. The lowest BCUT2D eigenvalue weighted by molar-refractivity contribution is -0.0399. The topological polar surface area (TPSA) is 3.24 Å². The molecule has 7 aromatic carbocycles. The molecule has 0 atom stereocenters. The van der Waals surface area contributed by atoms with Gasteiger partial charge in [-0.05, 0) is 176 Å². The first-order chi connectivity index (χ1) is 28.7. The van der Waals surface area contributed by atoms with Crippen LogP contribution in [0.5, 0.6) is 0 Å². The number of anilines is 3. The van der Waals surface area contributed by atoms with Crippen molar-refractivity contribution in [3.63, 3.8) is 0 Å². The number of hydrogen-bond donors (Lipinski definition) is 0. The summed E-state index contributed by atoms with van der Waals surface area (Å²) in [6.45, 7) is 9.88. The Morgan fingerprint density at radius 1 is 0.441 bits per heavy atom. The first-order valence-corrected chi connectivity index (χ1v) is 22.6. The van der Waals surface area contributed by atoms with E-state index < -0.39 is 0 Å². The minimum Gasteiger partial charge on any atom is -0.310 e. The van der Waals surface area contributed by atoms with Crippen LogP contribution in [-0.4, -0.2) is 0 Å². The van der Waals surface area contributed by atoms with Crippen LogP contribution in [0.3, 0.4) is 0 Å². The number of fused-ring (bicyclic) bond motifs is 5. The molecule has 0 radical (unpaired) electrons. The van der Waals surface area contributed by atoms with Crippen molar-refractivity contribution < 1.29 is 0 Å². The van der Waals surface area contributed by atoms with Gasteiger partial charge in [0.15, 0.2) is 0 Å². The Kier molecular flexibility index (Phi) is 7.71. The maximum Gasteiger partial charge on any atom is 0.0502 e. The van der Waals surface area contributed by atoms with Gasteiger partial charge in [0.1, 0.15) is 0 Å². The zero-order chi connectivity index (χ0) is 39.7. The molecule has 0 heterocycles. The normalized spacial score (nSPS) is 25.2. The van der Waals surface area contributed by atoms with Gasteiger partial charge in [0.25, 0.3) is 0 Å². The number of hydrogen-bond acceptors (Lipinski definition) is 1. The molecule has 0 amide bonds. The third-order valence-corrected chi connectivity index (χ3v) is 16.3. The predicted molar refractivity (Wildman–Crippen MR) is 248 cm³/mol. The molecule has 4 bridgehead atoms. The van der Waals surface area contributed by atoms with E-state index in [0.29, 0.717) is 0 Å². The van der Waals surface area contributed by atoms with Crippen molar-refractivity contribution >= 4 is 27.8 Å². The minimum atomic E-state index is 0.0566. The molecule has 0 saturated heterocycles. The summed E-state index contributed by atoms with van der Waals surface area (Å²) >= 11 is 0. The van der Waals surface area contributed by atoms with Gasteiger partial charge < -0.3 is 4.90 Å². The maximum absolute atomic E-state index is 2.68. The van der Waals surface area contributed by atoms with Crippen molar-refractivity contribution in [3.05, 3.63) is 174 Å². The van der Waals surface area contributed by atoms with E-state index in [1.165, 1.54) is 117 Å². The van der Waals surface area contributed by atoms with Gasteiger partial charge in [-0.25, -0.2) is 0 Å². The van der Waals surface area contributed by atoms with E-state index in [0.717, 1.165) is 23.7 Å². The molecule has 292 valence electrons. The highest BCUT2D eigenvalue weighted by atomic mass is 15.1. The predicted octanol–water partition coefficient (Wildman–Crippen LogP) is 15.7. The molecule has 4 saturated carbocycles. The van der Waals surface area contributed by atoms with Crippen molar-refractivity contribution in [1.82, 2.24) is 0 Å². The molecule has 0 aromatic heterocycles. The van der Waals surface area contributed by atoms with Crippen molar-refractivity contribution in [3.8, 4) is 33.4 Å². The van der Waals surface area contributed by atoms with Gasteiger partial charge in [0.2, 0.25) is 0 Å². The van der Waals surface area contributed by atoms with Gasteiger partial charge in [0.05, 0.1) is 5.69 Å². The second-order valence-electron chi connectivity index (χ2n) is 20.4. The van der Waals surface area contributed by atoms with Crippen molar-refractivity contribution in [2.75, 3.05) is 4.90 Å². The van der Waals surface area contributed by atoms with Crippen LogP contribution in [-0.2, 0) is 16.2 Å². The molecule has 1 spiro atoms. The van der Waals surface area contributed by atoms with E-state index in [1.54, 1.807) is 11.1 Å². The fraction of sp³-hybridized carbons (Fsp3) is 0.310. The molecule has 4 fully saturated rings. The monoisotopic (exact) mass is 765 g/mol. The third-order valence-electron chi connectivity index (χ3n) is 16.3. The fourth-order valence-electron chi connectivity index (χ4n) is 13.7. The second kappa shape index (κ2) is 12.8. The minimum absolute atomic E-state index is 0.0566. The van der Waals surface area contributed by atoms with Crippen LogP contribution in [0.2, 0.25) is 0 Å². The highest BCUT2D eigenvalue weighted by Gasteiger charge is 2.61. The summed E-state index contributed by atoms with van der Waals surface area (Å²) in [5.74, 6) is 3.32. The van der Waals surface area contributed by atoms with Crippen LogP contribution >= 0.6 is 0 Å². The number of benzene rings is 7. The molecular formula is C58H55N. The lowest BCUT2D eigenvalue weighted by atomic mass is 9.43. The summed E-state index contributed by atoms with van der Waals surface area (Å²) < 4.78 is 0. The van der Waals surface area contributed by atoms with Gasteiger partial charge in [0, 0.05) is 16.8 Å². The largest absolute Gasteiger partial charge is 0.310 e. The van der Waals surface area contributed by atoms with Crippen LogP contribution in [0.25, 0.3) is 44.2 Å². The van der Waals surface area contributed by atoms with E-state index in [9.17, 15) is 0 Å². The number of rotatable bonds is 5. The molecule has 0 N–H and O–H groups in total. The zero-order valence-electron chi connectivity index (χ0n) is 35.1. The van der Waals surface area contributed by atoms with E-state index in [1.807, 2.05) is 0 Å². The summed E-state index contributed by atoms with van der Waals surface area (Å²) in [5.41, 5.74) is 18.4. The van der Waals surface area contributed by atoms with Crippen LogP contribution in [0.15, 0.2) is 152 Å². The molecule has 7 aromatic rings. The maximum atomic E-state index is 2.68. The van der Waals surface area contributed by atoms with Crippen molar-refractivity contribution in [2.24, 2.45) is 23.7 Å². The molecular weight excluding hydrogens is 711 g/mol. The van der Waals surface area contributed by atoms with E-state index in [2.05, 4.69) is 184 Å². The van der Waals surface area contributed by atoms with Gasteiger partial charge >= 0.3 is 0 Å². The smallest absolute Gasteiger partial charge is 0.0502 e. The van der Waals surface area contributed by atoms with Crippen LogP contribution in [0.4, 0.5) is 17.1 Å². The Balaban J connectivity index is 0.999. The highest BCUT2D eigenvalue weighted by Crippen LogP contribution is 2.69. The second-order valence-corrected chi connectivity index (χ2v) is 20.4. The van der Waals surface area contributed by atoms with E-state index in [4.69, 9.17) is 0 Å². The molecule has 59 heavy (non-hydrogen) atoms. The molecule has 13 rings (SSSR count). The van der Waals surface area contributed by atoms with Crippen molar-refractivity contribution in [1.29, 1.82) is 0 Å². The molecule has 1 heteroatoms. The Labute approximate surface area is 351 Å². The van der Waals surface area contributed by atoms with E-state index >= 15 is 0 Å². The first-order valence-electron chi connectivity index (χ1n) is 22.6. The SMILES string of the molecule is CC1(C)CCC(C)(C)c2c(N(c3ccc(-c4ccc(-c5cccc6ccccc56)cc4)cc3)c3ccc4c(c3)C3(c5ccccc5-4)C4CC5CC(C4)CC3C5)cccc21. The Bertz CT molecular complexity index is 2750. The van der Waals surface area contributed by atoms with Gasteiger partial charge in [-0.2, -0.15) is 0 Å². The van der Waals surface area contributed by atoms with Crippen LogP contribution in [0, 0.1) is 23.7 Å². The summed E-state index contributed by atoms with van der Waals surface area (Å²) in [4.78, 5) is 2.64. The molecule has 6 aliphatic carbocycles. The van der Waals surface area contributed by atoms with Crippen LogP contribution in [0.1, 0.15) is 94.9 Å². The Morgan fingerprint density at radius 3 is 1.76 bits per heavy atom. The third kappa shape index (κ3) is 5.22. The van der Waals surface area contributed by atoms with Gasteiger partial charge in [-0.3, -0.25) is 0 Å². The average Bonchev–Trinajstić information content (AvgIpc) is 3.54. The van der Waals surface area contributed by atoms with Gasteiger partial charge in [-0.1, -0.05) is 149 Å². The molecule has 0 unspecified atom stereocenters. The summed E-state index contributed by atoms with van der Waals surface area (Å²) in [6, 6.07) is 58.3. The molecule has 6 aliphatic rings. The average molecular weight is 766 g/mol. The molecule has 0 aliphatic heterocycles. The fourth-order valence-corrected chi connectivity index (χ4v) is 13.7. The lowest BCUT2D eigenvalue weighted by Crippen LogP contribution is -2.55.